The summed E-state index contributed by atoms with van der Waals surface area (Å²) in [6, 6.07) is 14.7. The largest absolute Gasteiger partial charge is 0.512 e. The summed E-state index contributed by atoms with van der Waals surface area (Å²) in [6.07, 6.45) is 0. The van der Waals surface area contributed by atoms with E-state index in [9.17, 15) is 4.57 Å². The van der Waals surface area contributed by atoms with Gasteiger partial charge >= 0.3 is 7.75 Å². The Labute approximate surface area is 138 Å². The molecule has 0 fully saturated rings. The molecular weight excluding hydrogens is 365 g/mol. The average Bonchev–Trinajstić information content (AvgIpc) is 2.57. The molecule has 4 nitrogen and oxygen atoms in total. The third-order valence-electron chi connectivity index (χ3n) is 3.57. The van der Waals surface area contributed by atoms with Crippen molar-refractivity contribution >= 4 is 23.7 Å². The first-order valence-electron chi connectivity index (χ1n) is 6.97. The van der Waals surface area contributed by atoms with E-state index in [-0.39, 0.29) is 5.41 Å². The lowest BCUT2D eigenvalue weighted by molar-refractivity contribution is 0.374. The van der Waals surface area contributed by atoms with Gasteiger partial charge in [-0.3, -0.25) is 0 Å². The lowest BCUT2D eigenvalue weighted by Gasteiger charge is -2.23. The predicted octanol–water partition coefficient (Wildman–Crippen LogP) is 4.90. The first-order chi connectivity index (χ1) is 10.4. The summed E-state index contributed by atoms with van der Waals surface area (Å²) < 4.78 is 25.3. The first kappa shape index (κ1) is 15.6. The van der Waals surface area contributed by atoms with E-state index in [1.165, 1.54) is 0 Å². The highest BCUT2D eigenvalue weighted by atomic mass is 79.9. The van der Waals surface area contributed by atoms with Gasteiger partial charge in [0.05, 0.1) is 0 Å². The molecule has 6 heteroatoms. The van der Waals surface area contributed by atoms with Crippen molar-refractivity contribution in [2.75, 3.05) is 6.54 Å². The van der Waals surface area contributed by atoms with E-state index in [1.807, 2.05) is 36.4 Å². The van der Waals surface area contributed by atoms with Crippen LogP contribution in [0.5, 0.6) is 11.5 Å². The molecule has 0 aliphatic carbocycles. The van der Waals surface area contributed by atoms with Gasteiger partial charge in [0.1, 0.15) is 11.5 Å². The molecule has 3 rings (SSSR count). The minimum Gasteiger partial charge on any atom is -0.405 e. The molecule has 0 aromatic heterocycles. The van der Waals surface area contributed by atoms with Crippen molar-refractivity contribution in [2.24, 2.45) is 0 Å². The summed E-state index contributed by atoms with van der Waals surface area (Å²) in [5.74, 6) is 1.09. The number of hydrogen-bond acceptors (Lipinski definition) is 3. The Morgan fingerprint density at radius 2 is 1.95 bits per heavy atom. The maximum Gasteiger partial charge on any atom is 0.512 e. The zero-order valence-corrected chi connectivity index (χ0v) is 14.9. The number of fused-ring (bicyclic) bond motifs is 1. The van der Waals surface area contributed by atoms with Gasteiger partial charge in [0.25, 0.3) is 0 Å². The third-order valence-corrected chi connectivity index (χ3v) is 5.50. The normalized spacial score (nSPS) is 23.0. The molecule has 22 heavy (non-hydrogen) atoms. The summed E-state index contributed by atoms with van der Waals surface area (Å²) in [7, 11) is -3.47. The monoisotopic (exact) mass is 381 g/mol. The molecule has 116 valence electrons. The van der Waals surface area contributed by atoms with E-state index in [4.69, 9.17) is 9.05 Å². The smallest absolute Gasteiger partial charge is 0.405 e. The molecule has 0 saturated heterocycles. The number of hydrogen-bond donors (Lipinski definition) is 1. The van der Waals surface area contributed by atoms with Crippen LogP contribution in [0.25, 0.3) is 0 Å². The second kappa shape index (κ2) is 5.73. The number of halogens is 1. The Kier molecular flexibility index (Phi) is 4.06. The van der Waals surface area contributed by atoms with Crippen molar-refractivity contribution in [1.82, 2.24) is 5.09 Å². The summed E-state index contributed by atoms with van der Waals surface area (Å²) in [6.45, 7) is 4.64. The minimum absolute atomic E-state index is 0.231. The fraction of sp³-hybridized carbons (Fsp3) is 0.250. The van der Waals surface area contributed by atoms with E-state index in [1.54, 1.807) is 12.1 Å². The Bertz CT molecular complexity index is 733. The number of benzene rings is 2. The molecule has 1 aliphatic rings. The van der Waals surface area contributed by atoms with Gasteiger partial charge in [-0.15, -0.1) is 0 Å². The van der Waals surface area contributed by atoms with Crippen LogP contribution < -0.4 is 14.1 Å². The molecule has 1 heterocycles. The molecule has 0 radical (unpaired) electrons. The average molecular weight is 382 g/mol. The van der Waals surface area contributed by atoms with Crippen LogP contribution in [0.3, 0.4) is 0 Å². The summed E-state index contributed by atoms with van der Waals surface area (Å²) >= 11 is 3.47. The molecular formula is C16H17BrNO3P. The topological polar surface area (TPSA) is 47.6 Å². The third kappa shape index (κ3) is 3.22. The van der Waals surface area contributed by atoms with Gasteiger partial charge in [0.15, 0.2) is 0 Å². The quantitative estimate of drug-likeness (QED) is 0.751. The molecule has 0 saturated carbocycles. The Hall–Kier alpha value is -1.29. The highest BCUT2D eigenvalue weighted by Crippen LogP contribution is 2.50. The van der Waals surface area contributed by atoms with Crippen molar-refractivity contribution in [3.8, 4) is 11.5 Å². The highest BCUT2D eigenvalue weighted by molar-refractivity contribution is 9.10. The van der Waals surface area contributed by atoms with Gasteiger partial charge in [-0.05, 0) is 30.3 Å². The summed E-state index contributed by atoms with van der Waals surface area (Å²) in [5.41, 5.74) is 0.759. The fourth-order valence-corrected chi connectivity index (χ4v) is 4.27. The maximum absolute atomic E-state index is 13.0. The fourth-order valence-electron chi connectivity index (χ4n) is 2.33. The lowest BCUT2D eigenvalue weighted by Crippen LogP contribution is -2.30. The van der Waals surface area contributed by atoms with Gasteiger partial charge in [-0.25, -0.2) is 9.65 Å². The molecule has 0 bridgehead atoms. The number of para-hydroxylation sites is 1. The molecule has 2 aromatic carbocycles. The van der Waals surface area contributed by atoms with Crippen LogP contribution in [0, 0.1) is 0 Å². The van der Waals surface area contributed by atoms with Crippen LogP contribution in [0.2, 0.25) is 0 Å². The van der Waals surface area contributed by atoms with Crippen LogP contribution in [-0.2, 0) is 9.98 Å². The van der Waals surface area contributed by atoms with Gasteiger partial charge in [-0.1, -0.05) is 48.0 Å². The standard InChI is InChI=1S/C16H17BrNO3P/c1-16(2)11-18-22(19,20-13-6-4-3-5-7-13)21-15-9-8-12(17)10-14(15)16/h3-10H,11H2,1-2H3,(H,18,19). The van der Waals surface area contributed by atoms with Crippen molar-refractivity contribution < 1.29 is 13.6 Å². The molecule has 1 atom stereocenters. The second-order valence-corrected chi connectivity index (χ2v) is 8.44. The van der Waals surface area contributed by atoms with Crippen molar-refractivity contribution in [3.63, 3.8) is 0 Å². The zero-order valence-electron chi connectivity index (χ0n) is 12.4. The Morgan fingerprint density at radius 3 is 2.68 bits per heavy atom. The Morgan fingerprint density at radius 1 is 1.23 bits per heavy atom. The van der Waals surface area contributed by atoms with Gasteiger partial charge in [0.2, 0.25) is 0 Å². The van der Waals surface area contributed by atoms with E-state index in [0.717, 1.165) is 10.0 Å². The van der Waals surface area contributed by atoms with Gasteiger partial charge in [-0.2, -0.15) is 0 Å². The van der Waals surface area contributed by atoms with Crippen LogP contribution in [0.4, 0.5) is 0 Å². The molecule has 2 aromatic rings. The van der Waals surface area contributed by atoms with Crippen LogP contribution in [-0.4, -0.2) is 6.54 Å². The van der Waals surface area contributed by atoms with Gasteiger partial charge < -0.3 is 9.05 Å². The summed E-state index contributed by atoms with van der Waals surface area (Å²) in [4.78, 5) is 0. The van der Waals surface area contributed by atoms with E-state index in [0.29, 0.717) is 18.0 Å². The highest BCUT2D eigenvalue weighted by Gasteiger charge is 2.38. The summed E-state index contributed by atoms with van der Waals surface area (Å²) in [5, 5.41) is 2.96. The van der Waals surface area contributed by atoms with Crippen molar-refractivity contribution in [3.05, 3.63) is 58.6 Å². The van der Waals surface area contributed by atoms with Crippen LogP contribution in [0.1, 0.15) is 19.4 Å². The Balaban J connectivity index is 1.97. The van der Waals surface area contributed by atoms with E-state index < -0.39 is 7.75 Å². The van der Waals surface area contributed by atoms with E-state index in [2.05, 4.69) is 34.9 Å². The number of nitrogens with one attached hydrogen (secondary N) is 1. The zero-order chi connectivity index (χ0) is 15.8. The number of rotatable bonds is 2. The van der Waals surface area contributed by atoms with Crippen LogP contribution >= 0.6 is 23.7 Å². The van der Waals surface area contributed by atoms with Crippen molar-refractivity contribution in [2.45, 2.75) is 19.3 Å². The molecule has 1 N–H and O–H groups in total. The predicted molar refractivity (Wildman–Crippen MR) is 90.5 cm³/mol. The van der Waals surface area contributed by atoms with Crippen molar-refractivity contribution in [1.29, 1.82) is 0 Å². The van der Waals surface area contributed by atoms with E-state index >= 15 is 0 Å². The second-order valence-electron chi connectivity index (χ2n) is 5.85. The van der Waals surface area contributed by atoms with Gasteiger partial charge in [0, 0.05) is 22.0 Å². The lowest BCUT2D eigenvalue weighted by atomic mass is 9.84. The molecule has 0 amide bonds. The molecule has 1 aliphatic heterocycles. The van der Waals surface area contributed by atoms with Crippen LogP contribution in [0.15, 0.2) is 53.0 Å². The first-order valence-corrected chi connectivity index (χ1v) is 9.31. The minimum atomic E-state index is -3.47. The maximum atomic E-state index is 13.0. The molecule has 0 spiro atoms. The SMILES string of the molecule is CC1(C)CNP(=O)(Oc2ccccc2)Oc2ccc(Br)cc21. The molecule has 1 unspecified atom stereocenters.